The molecule has 1 unspecified atom stereocenters. The van der Waals surface area contributed by atoms with Gasteiger partial charge in [0.1, 0.15) is 5.60 Å². The second-order valence-electron chi connectivity index (χ2n) is 5.83. The van der Waals surface area contributed by atoms with Crippen molar-refractivity contribution in [3.63, 3.8) is 0 Å². The van der Waals surface area contributed by atoms with Gasteiger partial charge < -0.3 is 10.1 Å². The molecule has 104 valence electrons. The van der Waals surface area contributed by atoms with Gasteiger partial charge in [-0.05, 0) is 45.9 Å². The summed E-state index contributed by atoms with van der Waals surface area (Å²) >= 11 is 0. The predicted molar refractivity (Wildman–Crippen MR) is 76.4 cm³/mol. The van der Waals surface area contributed by atoms with Gasteiger partial charge in [-0.2, -0.15) is 0 Å². The summed E-state index contributed by atoms with van der Waals surface area (Å²) in [5.41, 5.74) is 0.418. The van der Waals surface area contributed by atoms with Gasteiger partial charge in [0, 0.05) is 12.2 Å². The summed E-state index contributed by atoms with van der Waals surface area (Å²) in [5, 5.41) is 3.29. The number of hydrogen-bond acceptors (Lipinski definition) is 3. The molecule has 1 heterocycles. The number of rotatable bonds is 2. The zero-order valence-electron chi connectivity index (χ0n) is 11.8. The van der Waals surface area contributed by atoms with Gasteiger partial charge in [-0.15, -0.1) is 0 Å². The average Bonchev–Trinajstić information content (AvgIpc) is 2.82. The van der Waals surface area contributed by atoms with Crippen LogP contribution in [0.3, 0.4) is 0 Å². The van der Waals surface area contributed by atoms with E-state index in [1.807, 2.05) is 51.1 Å². The number of para-hydroxylation sites is 1. The number of nitrogens with one attached hydrogen (secondary N) is 1. The molecule has 1 N–H and O–H groups in total. The van der Waals surface area contributed by atoms with Crippen molar-refractivity contribution >= 4 is 11.8 Å². The fourth-order valence-corrected chi connectivity index (χ4v) is 2.22. The summed E-state index contributed by atoms with van der Waals surface area (Å²) in [5.74, 6) is 0. The summed E-state index contributed by atoms with van der Waals surface area (Å²) in [6.45, 7) is 7.42. The zero-order chi connectivity index (χ0) is 13.9. The topological polar surface area (TPSA) is 41.6 Å². The number of amides is 1. The van der Waals surface area contributed by atoms with Crippen LogP contribution < -0.4 is 10.2 Å². The molecule has 0 radical (unpaired) electrons. The molecule has 1 atom stereocenters. The number of hydrogen-bond donors (Lipinski definition) is 1. The Labute approximate surface area is 114 Å². The first-order chi connectivity index (χ1) is 8.97. The summed E-state index contributed by atoms with van der Waals surface area (Å²) in [4.78, 5) is 14.2. The summed E-state index contributed by atoms with van der Waals surface area (Å²) in [6.07, 6.45) is 0.682. The molecule has 1 aromatic carbocycles. The third-order valence-corrected chi connectivity index (χ3v) is 3.02. The summed E-state index contributed by atoms with van der Waals surface area (Å²) < 4.78 is 5.53. The minimum atomic E-state index is -0.476. The van der Waals surface area contributed by atoms with Crippen LogP contribution in [0, 0.1) is 0 Å². The Kier molecular flexibility index (Phi) is 4.10. The molecule has 0 spiro atoms. The van der Waals surface area contributed by atoms with Crippen molar-refractivity contribution in [2.45, 2.75) is 38.8 Å². The minimum absolute atomic E-state index is 0.164. The maximum Gasteiger partial charge on any atom is 0.415 e. The molecule has 1 aliphatic rings. The molecule has 0 aliphatic carbocycles. The van der Waals surface area contributed by atoms with Gasteiger partial charge in [0.15, 0.2) is 0 Å². The third-order valence-electron chi connectivity index (χ3n) is 3.02. The lowest BCUT2D eigenvalue weighted by Crippen LogP contribution is -2.44. The molecule has 0 saturated carbocycles. The number of benzene rings is 1. The monoisotopic (exact) mass is 262 g/mol. The lowest BCUT2D eigenvalue weighted by molar-refractivity contribution is 0.0568. The highest BCUT2D eigenvalue weighted by Gasteiger charge is 2.31. The average molecular weight is 262 g/mol. The SMILES string of the molecule is CC(C)(C)OC(=O)N(c1ccccc1)C1CCNC1. The molecule has 0 bridgehead atoms. The van der Waals surface area contributed by atoms with Crippen LogP contribution in [0.1, 0.15) is 27.2 Å². The van der Waals surface area contributed by atoms with Gasteiger partial charge >= 0.3 is 6.09 Å². The van der Waals surface area contributed by atoms with E-state index >= 15 is 0 Å². The van der Waals surface area contributed by atoms with Crippen LogP contribution in [0.4, 0.5) is 10.5 Å². The van der Waals surface area contributed by atoms with E-state index in [0.717, 1.165) is 25.2 Å². The summed E-state index contributed by atoms with van der Waals surface area (Å²) in [6, 6.07) is 9.88. The standard InChI is InChI=1S/C15H22N2O2/c1-15(2,3)19-14(18)17(13-9-10-16-11-13)12-7-5-4-6-8-12/h4-8,13,16H,9-11H2,1-3H3. The molecule has 1 aromatic rings. The highest BCUT2D eigenvalue weighted by atomic mass is 16.6. The lowest BCUT2D eigenvalue weighted by Gasteiger charge is -2.31. The van der Waals surface area contributed by atoms with E-state index in [-0.39, 0.29) is 12.1 Å². The van der Waals surface area contributed by atoms with E-state index in [2.05, 4.69) is 5.32 Å². The molecule has 1 saturated heterocycles. The second-order valence-corrected chi connectivity index (χ2v) is 5.83. The van der Waals surface area contributed by atoms with Crippen LogP contribution in [0.5, 0.6) is 0 Å². The first-order valence-corrected chi connectivity index (χ1v) is 6.75. The van der Waals surface area contributed by atoms with Crippen LogP contribution in [-0.4, -0.2) is 30.8 Å². The number of carbonyl (C=O) groups excluding carboxylic acids is 1. The molecule has 1 aliphatic heterocycles. The van der Waals surface area contributed by atoms with Crippen molar-refractivity contribution in [2.24, 2.45) is 0 Å². The second kappa shape index (κ2) is 5.61. The van der Waals surface area contributed by atoms with E-state index in [0.29, 0.717) is 0 Å². The molecule has 0 aromatic heterocycles. The quantitative estimate of drug-likeness (QED) is 0.891. The fourth-order valence-electron chi connectivity index (χ4n) is 2.22. The van der Waals surface area contributed by atoms with Crippen molar-refractivity contribution < 1.29 is 9.53 Å². The zero-order valence-corrected chi connectivity index (χ0v) is 11.8. The lowest BCUT2D eigenvalue weighted by atomic mass is 10.2. The maximum absolute atomic E-state index is 12.4. The summed E-state index contributed by atoms with van der Waals surface area (Å²) in [7, 11) is 0. The van der Waals surface area contributed by atoms with Crippen molar-refractivity contribution in [1.29, 1.82) is 0 Å². The smallest absolute Gasteiger partial charge is 0.415 e. The van der Waals surface area contributed by atoms with E-state index in [1.54, 1.807) is 4.90 Å². The van der Waals surface area contributed by atoms with E-state index in [9.17, 15) is 4.79 Å². The largest absolute Gasteiger partial charge is 0.443 e. The van der Waals surface area contributed by atoms with Crippen LogP contribution in [0.25, 0.3) is 0 Å². The van der Waals surface area contributed by atoms with Crippen LogP contribution >= 0.6 is 0 Å². The van der Waals surface area contributed by atoms with Gasteiger partial charge in [0.2, 0.25) is 0 Å². The highest BCUT2D eigenvalue weighted by molar-refractivity contribution is 5.88. The van der Waals surface area contributed by atoms with Gasteiger partial charge in [0.25, 0.3) is 0 Å². The first-order valence-electron chi connectivity index (χ1n) is 6.75. The Balaban J connectivity index is 2.22. The van der Waals surface area contributed by atoms with Gasteiger partial charge in [0.05, 0.1) is 6.04 Å². The number of ether oxygens (including phenoxy) is 1. The van der Waals surface area contributed by atoms with Crippen LogP contribution in [0.15, 0.2) is 30.3 Å². The molecular weight excluding hydrogens is 240 g/mol. The molecule has 2 rings (SSSR count). The molecule has 19 heavy (non-hydrogen) atoms. The molecule has 1 amide bonds. The fraction of sp³-hybridized carbons (Fsp3) is 0.533. The molecule has 4 heteroatoms. The maximum atomic E-state index is 12.4. The van der Waals surface area contributed by atoms with Gasteiger partial charge in [-0.25, -0.2) is 4.79 Å². The molecule has 1 fully saturated rings. The highest BCUT2D eigenvalue weighted by Crippen LogP contribution is 2.23. The van der Waals surface area contributed by atoms with E-state index in [1.165, 1.54) is 0 Å². The van der Waals surface area contributed by atoms with Crippen LogP contribution in [0.2, 0.25) is 0 Å². The number of carbonyl (C=O) groups is 1. The Morgan fingerprint density at radius 1 is 1.32 bits per heavy atom. The Morgan fingerprint density at radius 3 is 2.53 bits per heavy atom. The number of nitrogens with zero attached hydrogens (tertiary/aromatic N) is 1. The van der Waals surface area contributed by atoms with E-state index < -0.39 is 5.60 Å². The van der Waals surface area contributed by atoms with Gasteiger partial charge in [-0.3, -0.25) is 4.90 Å². The molecule has 4 nitrogen and oxygen atoms in total. The Hall–Kier alpha value is -1.55. The van der Waals surface area contributed by atoms with Crippen molar-refractivity contribution in [2.75, 3.05) is 18.0 Å². The normalized spacial score (nSPS) is 19.2. The predicted octanol–water partition coefficient (Wildman–Crippen LogP) is 2.79. The Morgan fingerprint density at radius 2 is 2.00 bits per heavy atom. The van der Waals surface area contributed by atoms with E-state index in [4.69, 9.17) is 4.74 Å². The van der Waals surface area contributed by atoms with Crippen molar-refractivity contribution in [3.8, 4) is 0 Å². The first kappa shape index (κ1) is 13.9. The molecular formula is C15H22N2O2. The minimum Gasteiger partial charge on any atom is -0.443 e. The Bertz CT molecular complexity index is 420. The number of anilines is 1. The van der Waals surface area contributed by atoms with Gasteiger partial charge in [-0.1, -0.05) is 18.2 Å². The van der Waals surface area contributed by atoms with Crippen molar-refractivity contribution in [3.05, 3.63) is 30.3 Å². The third kappa shape index (κ3) is 3.70. The van der Waals surface area contributed by atoms with Crippen molar-refractivity contribution in [1.82, 2.24) is 5.32 Å². The van der Waals surface area contributed by atoms with Crippen LogP contribution in [-0.2, 0) is 4.74 Å².